The van der Waals surface area contributed by atoms with Gasteiger partial charge in [-0.3, -0.25) is 18.9 Å². The van der Waals surface area contributed by atoms with Crippen LogP contribution in [0.25, 0.3) is 10.8 Å². The van der Waals surface area contributed by atoms with Gasteiger partial charge in [0.25, 0.3) is 0 Å². The van der Waals surface area contributed by atoms with Crippen LogP contribution in [0.1, 0.15) is 53.5 Å². The monoisotopic (exact) mass is 696 g/mol. The fourth-order valence-electron chi connectivity index (χ4n) is 4.25. The van der Waals surface area contributed by atoms with E-state index in [9.17, 15) is 23.7 Å². The molecule has 0 aliphatic carbocycles. The van der Waals surface area contributed by atoms with Crippen LogP contribution in [0.3, 0.4) is 0 Å². The largest absolute Gasteiger partial charge is 0.475 e. The second-order valence-corrected chi connectivity index (χ2v) is 14.7. The highest BCUT2D eigenvalue weighted by molar-refractivity contribution is 7.48. The molecule has 2 unspecified atom stereocenters. The number of rotatable bonds is 13. The van der Waals surface area contributed by atoms with Crippen molar-refractivity contribution in [2.24, 2.45) is 0 Å². The van der Waals surface area contributed by atoms with Gasteiger partial charge in [0.1, 0.15) is 18.2 Å². The second-order valence-electron chi connectivity index (χ2n) is 12.8. The van der Waals surface area contributed by atoms with Gasteiger partial charge in [-0.2, -0.15) is 0 Å². The van der Waals surface area contributed by atoms with Crippen molar-refractivity contribution >= 4 is 48.1 Å². The fourth-order valence-corrected chi connectivity index (χ4v) is 6.28. The number of aromatic nitrogens is 1. The van der Waals surface area contributed by atoms with Crippen LogP contribution in [0.15, 0.2) is 54.7 Å². The van der Waals surface area contributed by atoms with Gasteiger partial charge in [-0.25, -0.2) is 23.5 Å². The predicted molar refractivity (Wildman–Crippen MR) is 178 cm³/mol. The van der Waals surface area contributed by atoms with Crippen LogP contribution in [-0.4, -0.2) is 70.7 Å². The lowest BCUT2D eigenvalue weighted by Crippen LogP contribution is -2.47. The molecule has 12 nitrogen and oxygen atoms in total. The summed E-state index contributed by atoms with van der Waals surface area (Å²) < 4.78 is 49.5. The van der Waals surface area contributed by atoms with Gasteiger partial charge in [-0.05, 0) is 71.0 Å². The summed E-state index contributed by atoms with van der Waals surface area (Å²) in [7, 11) is -2.71. The van der Waals surface area contributed by atoms with Gasteiger partial charge in [0.15, 0.2) is 0 Å². The molecule has 2 aromatic carbocycles. The van der Waals surface area contributed by atoms with E-state index in [-0.39, 0.29) is 30.4 Å². The Hall–Kier alpha value is -3.32. The van der Waals surface area contributed by atoms with Gasteiger partial charge in [-0.15, -0.1) is 0 Å². The summed E-state index contributed by atoms with van der Waals surface area (Å²) in [4.78, 5) is 31.3. The zero-order valence-electron chi connectivity index (χ0n) is 27.6. The Bertz CT molecular complexity index is 1560. The molecular formula is C32H43ClFN4O8P. The first kappa shape index (κ1) is 38.1. The van der Waals surface area contributed by atoms with Crippen molar-refractivity contribution in [1.82, 2.24) is 15.2 Å². The molecule has 0 saturated heterocycles. The Labute approximate surface area is 279 Å². The number of halogens is 2. The molecule has 0 radical (unpaired) electrons. The first-order chi connectivity index (χ1) is 21.8. The minimum absolute atomic E-state index is 0.0927. The maximum Gasteiger partial charge on any atom is 0.475 e. The third-order valence-corrected chi connectivity index (χ3v) is 8.77. The highest BCUT2D eigenvalue weighted by Gasteiger charge is 2.38. The molecule has 3 rings (SSSR count). The number of nitrogens with one attached hydrogen (secondary N) is 2. The zero-order chi connectivity index (χ0) is 35.0. The van der Waals surface area contributed by atoms with Crippen LogP contribution in [0.4, 0.5) is 19.8 Å². The van der Waals surface area contributed by atoms with E-state index in [0.717, 1.165) is 10.8 Å². The molecule has 15 heteroatoms. The molecule has 2 atom stereocenters. The van der Waals surface area contributed by atoms with Crippen molar-refractivity contribution in [1.29, 1.82) is 0 Å². The molecule has 0 aliphatic rings. The van der Waals surface area contributed by atoms with Crippen LogP contribution in [0, 0.1) is 5.82 Å². The second kappa shape index (κ2) is 16.2. The van der Waals surface area contributed by atoms with Gasteiger partial charge in [-0.1, -0.05) is 48.0 Å². The lowest BCUT2D eigenvalue weighted by atomic mass is 10.1. The van der Waals surface area contributed by atoms with E-state index in [2.05, 4.69) is 15.6 Å². The number of nitrogens with zero attached hydrogens (tertiary/aromatic N) is 2. The highest BCUT2D eigenvalue weighted by atomic mass is 35.5. The van der Waals surface area contributed by atoms with E-state index in [1.165, 1.54) is 24.1 Å². The standard InChI is InChI=1S/C32H43ClFN4O8P/c1-31(2,3)45-47(42,46-32(4,5)6)44-20-25(39)16-24(38(7)29(40)36-18-23-13-10-14-26(34)28(23)33)19-43-30(41)37-27-15-21-11-8-9-12-22(21)17-35-27/h8-15,17,24-25,39H,16,18-20H2,1-7H3,(H,36,40)(H,35,37,41). The number of ether oxygens (including phenoxy) is 1. The molecule has 3 aromatic rings. The van der Waals surface area contributed by atoms with Gasteiger partial charge in [0.2, 0.25) is 0 Å². The van der Waals surface area contributed by atoms with E-state index < -0.39 is 55.7 Å². The third-order valence-electron chi connectivity index (χ3n) is 6.34. The number of urea groups is 1. The number of aliphatic hydroxyl groups excluding tert-OH is 1. The Morgan fingerprint density at radius 1 is 1.02 bits per heavy atom. The molecule has 0 spiro atoms. The van der Waals surface area contributed by atoms with Crippen LogP contribution in [0.5, 0.6) is 0 Å². The maximum atomic E-state index is 13.9. The summed E-state index contributed by atoms with van der Waals surface area (Å²) in [6.45, 7) is 9.17. The molecule has 3 N–H and O–H groups in total. The topological polar surface area (TPSA) is 149 Å². The van der Waals surface area contributed by atoms with E-state index in [4.69, 9.17) is 29.9 Å². The number of hydrogen-bond acceptors (Lipinski definition) is 9. The molecule has 0 fully saturated rings. The maximum absolute atomic E-state index is 13.9. The van der Waals surface area contributed by atoms with Crippen molar-refractivity contribution in [2.75, 3.05) is 25.6 Å². The van der Waals surface area contributed by atoms with Crippen molar-refractivity contribution in [3.05, 3.63) is 71.1 Å². The van der Waals surface area contributed by atoms with Gasteiger partial charge in [0, 0.05) is 25.2 Å². The zero-order valence-corrected chi connectivity index (χ0v) is 29.2. The van der Waals surface area contributed by atoms with Crippen LogP contribution >= 0.6 is 19.4 Å². The van der Waals surface area contributed by atoms with Crippen molar-refractivity contribution in [3.63, 3.8) is 0 Å². The molecule has 0 aliphatic heterocycles. The number of carbonyl (C=O) groups is 2. The summed E-state index contributed by atoms with van der Waals surface area (Å²) in [5.74, 6) is -0.374. The summed E-state index contributed by atoms with van der Waals surface area (Å²) >= 11 is 6.02. The van der Waals surface area contributed by atoms with Gasteiger partial charge >= 0.3 is 19.9 Å². The summed E-state index contributed by atoms with van der Waals surface area (Å²) in [6, 6.07) is 11.9. The Morgan fingerprint density at radius 2 is 1.66 bits per heavy atom. The number of carbonyl (C=O) groups excluding carboxylic acids is 2. The molecular weight excluding hydrogens is 654 g/mol. The predicted octanol–water partition coefficient (Wildman–Crippen LogP) is 7.29. The minimum atomic E-state index is -4.14. The first-order valence-corrected chi connectivity index (χ1v) is 16.7. The number of hydrogen-bond donors (Lipinski definition) is 3. The fraction of sp³-hybridized carbons (Fsp3) is 0.469. The first-order valence-electron chi connectivity index (χ1n) is 14.9. The van der Waals surface area contributed by atoms with Crippen molar-refractivity contribution in [3.8, 4) is 0 Å². The number of amides is 3. The summed E-state index contributed by atoms with van der Waals surface area (Å²) in [5, 5.41) is 17.8. The van der Waals surface area contributed by atoms with Gasteiger partial charge < -0.3 is 20.1 Å². The summed E-state index contributed by atoms with van der Waals surface area (Å²) in [5.41, 5.74) is -1.43. The number of benzene rings is 2. The van der Waals surface area contributed by atoms with E-state index >= 15 is 0 Å². The normalized spacial score (nSPS) is 13.6. The van der Waals surface area contributed by atoms with Crippen LogP contribution < -0.4 is 10.6 Å². The Morgan fingerprint density at radius 3 is 2.30 bits per heavy atom. The number of pyridine rings is 1. The van der Waals surface area contributed by atoms with E-state index in [1.54, 1.807) is 59.9 Å². The molecule has 258 valence electrons. The Balaban J connectivity index is 1.71. The molecule has 0 saturated carbocycles. The lowest BCUT2D eigenvalue weighted by molar-refractivity contribution is -0.0155. The number of fused-ring (bicyclic) bond motifs is 1. The number of aliphatic hydroxyl groups is 1. The van der Waals surface area contributed by atoms with Crippen LogP contribution in [-0.2, 0) is 29.4 Å². The lowest BCUT2D eigenvalue weighted by Gasteiger charge is -2.32. The third kappa shape index (κ3) is 12.7. The average Bonchev–Trinajstić information content (AvgIpc) is 2.96. The minimum Gasteiger partial charge on any atom is -0.447 e. The molecule has 1 heterocycles. The SMILES string of the molecule is CN(C(=O)NCc1cccc(F)c1Cl)C(COC(=O)Nc1cc2ccccc2cn1)CC(O)COP(=O)(OC(C)(C)C)OC(C)(C)C. The smallest absolute Gasteiger partial charge is 0.447 e. The Kier molecular flexibility index (Phi) is 13.1. The molecule has 1 aromatic heterocycles. The van der Waals surface area contributed by atoms with E-state index in [1.807, 2.05) is 24.3 Å². The van der Waals surface area contributed by atoms with Crippen molar-refractivity contribution < 1.29 is 42.0 Å². The average molecular weight is 697 g/mol. The highest BCUT2D eigenvalue weighted by Crippen LogP contribution is 2.55. The van der Waals surface area contributed by atoms with Crippen LogP contribution in [0.2, 0.25) is 5.02 Å². The molecule has 3 amide bonds. The van der Waals surface area contributed by atoms with Gasteiger partial charge in [0.05, 0.1) is 35.0 Å². The quantitative estimate of drug-likeness (QED) is 0.157. The number of likely N-dealkylation sites (N-methyl/N-ethyl adjacent to an activating group) is 1. The van der Waals surface area contributed by atoms with Crippen molar-refractivity contribution in [2.45, 2.75) is 77.9 Å². The molecule has 47 heavy (non-hydrogen) atoms. The number of phosphoric ester groups is 1. The van der Waals surface area contributed by atoms with E-state index in [0.29, 0.717) is 5.56 Å². The number of anilines is 1. The number of phosphoric acid groups is 1. The molecule has 0 bridgehead atoms. The summed E-state index contributed by atoms with van der Waals surface area (Å²) in [6.07, 6.45) is -0.705.